The van der Waals surface area contributed by atoms with Gasteiger partial charge in [-0.25, -0.2) is 0 Å². The maximum absolute atomic E-state index is 11.4. The van der Waals surface area contributed by atoms with Crippen LogP contribution < -0.4 is 0 Å². The van der Waals surface area contributed by atoms with Crippen molar-refractivity contribution in [3.8, 4) is 0 Å². The summed E-state index contributed by atoms with van der Waals surface area (Å²) in [7, 11) is 6.70. The second-order valence-corrected chi connectivity index (χ2v) is 12.2. The van der Waals surface area contributed by atoms with E-state index in [1.807, 2.05) is 0 Å². The van der Waals surface area contributed by atoms with Gasteiger partial charge in [0.2, 0.25) is 0 Å². The summed E-state index contributed by atoms with van der Waals surface area (Å²) in [6.45, 7) is 17.7. The van der Waals surface area contributed by atoms with E-state index in [9.17, 15) is 5.11 Å². The fraction of sp³-hybridized carbons (Fsp3) is 1.00. The average molecular weight is 437 g/mol. The molecule has 0 spiro atoms. The smallest absolute Gasteiger partial charge is 0.0826 e. The number of likely N-dealkylation sites (tertiary alicyclic amines) is 3. The highest BCUT2D eigenvalue weighted by molar-refractivity contribution is 5.00. The zero-order valence-corrected chi connectivity index (χ0v) is 21.9. The van der Waals surface area contributed by atoms with Gasteiger partial charge in [0.05, 0.1) is 5.60 Å². The van der Waals surface area contributed by atoms with Crippen LogP contribution in [-0.2, 0) is 0 Å². The highest BCUT2D eigenvalue weighted by Gasteiger charge is 2.45. The van der Waals surface area contributed by atoms with E-state index in [1.165, 1.54) is 32.4 Å². The summed E-state index contributed by atoms with van der Waals surface area (Å²) in [6.07, 6.45) is 6.88. The van der Waals surface area contributed by atoms with Crippen molar-refractivity contribution < 1.29 is 5.11 Å². The van der Waals surface area contributed by atoms with Crippen LogP contribution in [0.25, 0.3) is 0 Å². The molecular weight excluding hydrogens is 384 g/mol. The first kappa shape index (κ1) is 25.4. The van der Waals surface area contributed by atoms with Gasteiger partial charge in [-0.05, 0) is 119 Å². The van der Waals surface area contributed by atoms with E-state index in [-0.39, 0.29) is 5.54 Å². The van der Waals surface area contributed by atoms with E-state index >= 15 is 0 Å². The Labute approximate surface area is 193 Å². The number of aliphatic hydroxyl groups is 1. The van der Waals surface area contributed by atoms with Gasteiger partial charge in [-0.1, -0.05) is 0 Å². The first-order valence-corrected chi connectivity index (χ1v) is 13.0. The predicted octanol–water partition coefficient (Wildman–Crippen LogP) is 3.37. The van der Waals surface area contributed by atoms with E-state index in [4.69, 9.17) is 0 Å². The first-order valence-electron chi connectivity index (χ1n) is 13.0. The summed E-state index contributed by atoms with van der Waals surface area (Å²) in [5, 5.41) is 11.4. The van der Waals surface area contributed by atoms with Crippen molar-refractivity contribution in [2.45, 2.75) is 102 Å². The van der Waals surface area contributed by atoms with E-state index in [1.54, 1.807) is 0 Å². The van der Waals surface area contributed by atoms with Crippen LogP contribution in [0.15, 0.2) is 0 Å². The van der Waals surface area contributed by atoms with Gasteiger partial charge in [-0.2, -0.15) is 0 Å². The summed E-state index contributed by atoms with van der Waals surface area (Å²) < 4.78 is 0. The molecular formula is C26H52N4O. The lowest BCUT2D eigenvalue weighted by Gasteiger charge is -2.51. The lowest BCUT2D eigenvalue weighted by atomic mass is 9.70. The van der Waals surface area contributed by atoms with Gasteiger partial charge in [-0.3, -0.25) is 0 Å². The molecule has 0 bridgehead atoms. The van der Waals surface area contributed by atoms with Crippen LogP contribution in [0, 0.1) is 11.8 Å². The van der Waals surface area contributed by atoms with Crippen molar-refractivity contribution in [1.82, 2.24) is 19.6 Å². The normalized spacial score (nSPS) is 32.8. The Kier molecular flexibility index (Phi) is 8.17. The number of rotatable bonds is 7. The van der Waals surface area contributed by atoms with E-state index in [0.29, 0.717) is 24.0 Å². The van der Waals surface area contributed by atoms with Crippen LogP contribution in [-0.4, -0.2) is 108 Å². The number of nitrogens with zero attached hydrogens (tertiary/aromatic N) is 4. The largest absolute Gasteiger partial charge is 0.388 e. The van der Waals surface area contributed by atoms with Crippen LogP contribution in [0.1, 0.15) is 73.1 Å². The highest BCUT2D eigenvalue weighted by atomic mass is 16.3. The van der Waals surface area contributed by atoms with Crippen molar-refractivity contribution in [3.63, 3.8) is 0 Å². The molecule has 0 aliphatic carbocycles. The molecule has 0 aromatic heterocycles. The molecule has 182 valence electrons. The van der Waals surface area contributed by atoms with Crippen LogP contribution in [0.2, 0.25) is 0 Å². The summed E-state index contributed by atoms with van der Waals surface area (Å²) in [5.74, 6) is 1.46. The molecule has 4 atom stereocenters. The maximum atomic E-state index is 11.4. The Balaban J connectivity index is 1.61. The van der Waals surface area contributed by atoms with Gasteiger partial charge in [0.15, 0.2) is 0 Å². The van der Waals surface area contributed by atoms with Gasteiger partial charge < -0.3 is 24.7 Å². The molecule has 0 radical (unpaired) electrons. The Morgan fingerprint density at radius 2 is 1.65 bits per heavy atom. The molecule has 3 fully saturated rings. The Morgan fingerprint density at radius 3 is 2.16 bits per heavy atom. The third kappa shape index (κ3) is 5.48. The Morgan fingerprint density at radius 1 is 1.00 bits per heavy atom. The molecule has 0 aromatic rings. The molecule has 3 aliphatic heterocycles. The summed E-state index contributed by atoms with van der Waals surface area (Å²) >= 11 is 0. The molecule has 3 rings (SSSR count). The van der Waals surface area contributed by atoms with Crippen LogP contribution in [0.5, 0.6) is 0 Å². The van der Waals surface area contributed by atoms with Gasteiger partial charge in [0.1, 0.15) is 0 Å². The topological polar surface area (TPSA) is 33.2 Å². The molecule has 3 unspecified atom stereocenters. The molecule has 5 nitrogen and oxygen atoms in total. The number of hydrogen-bond donors (Lipinski definition) is 1. The predicted molar refractivity (Wildman–Crippen MR) is 132 cm³/mol. The van der Waals surface area contributed by atoms with Gasteiger partial charge >= 0.3 is 0 Å². The third-order valence-corrected chi connectivity index (χ3v) is 9.65. The van der Waals surface area contributed by atoms with E-state index in [0.717, 1.165) is 44.8 Å². The van der Waals surface area contributed by atoms with Crippen LogP contribution >= 0.6 is 0 Å². The Bertz CT molecular complexity index is 570. The van der Waals surface area contributed by atoms with Gasteiger partial charge in [-0.15, -0.1) is 0 Å². The third-order valence-electron chi connectivity index (χ3n) is 9.65. The van der Waals surface area contributed by atoms with E-state index < -0.39 is 5.60 Å². The first-order chi connectivity index (χ1) is 14.5. The minimum Gasteiger partial charge on any atom is -0.388 e. The fourth-order valence-corrected chi connectivity index (χ4v) is 6.77. The lowest BCUT2D eigenvalue weighted by molar-refractivity contribution is -0.0794. The SMILES string of the molecule is CC(C)N1CCC(CC(C)N2CCC(O)(C3CCCN3C)CC2)[C@H](C(C)(C)N(C)C)C1. The summed E-state index contributed by atoms with van der Waals surface area (Å²) in [5.41, 5.74) is -0.271. The zero-order valence-electron chi connectivity index (χ0n) is 21.9. The quantitative estimate of drug-likeness (QED) is 0.662. The lowest BCUT2D eigenvalue weighted by Crippen LogP contribution is -2.58. The van der Waals surface area contributed by atoms with Crippen molar-refractivity contribution in [2.75, 3.05) is 53.9 Å². The second-order valence-electron chi connectivity index (χ2n) is 12.2. The second kappa shape index (κ2) is 9.97. The molecule has 3 heterocycles. The molecule has 0 amide bonds. The van der Waals surface area contributed by atoms with Gasteiger partial charge in [0, 0.05) is 43.3 Å². The minimum atomic E-state index is -0.473. The molecule has 3 aliphatic rings. The number of hydrogen-bond acceptors (Lipinski definition) is 5. The molecule has 0 saturated carbocycles. The van der Waals surface area contributed by atoms with Crippen molar-refractivity contribution in [2.24, 2.45) is 11.8 Å². The zero-order chi connectivity index (χ0) is 23.0. The van der Waals surface area contributed by atoms with Crippen molar-refractivity contribution in [3.05, 3.63) is 0 Å². The monoisotopic (exact) mass is 436 g/mol. The van der Waals surface area contributed by atoms with Crippen LogP contribution in [0.3, 0.4) is 0 Å². The van der Waals surface area contributed by atoms with Gasteiger partial charge in [0.25, 0.3) is 0 Å². The number of piperidine rings is 2. The van der Waals surface area contributed by atoms with E-state index in [2.05, 4.69) is 75.4 Å². The summed E-state index contributed by atoms with van der Waals surface area (Å²) in [6, 6.07) is 1.60. The van der Waals surface area contributed by atoms with Crippen molar-refractivity contribution >= 4 is 0 Å². The van der Waals surface area contributed by atoms with Crippen molar-refractivity contribution in [1.29, 1.82) is 0 Å². The minimum absolute atomic E-state index is 0.202. The molecule has 0 aromatic carbocycles. The average Bonchev–Trinajstić information content (AvgIpc) is 3.15. The fourth-order valence-electron chi connectivity index (χ4n) is 6.77. The highest BCUT2D eigenvalue weighted by Crippen LogP contribution is 2.40. The molecule has 31 heavy (non-hydrogen) atoms. The summed E-state index contributed by atoms with van der Waals surface area (Å²) in [4.78, 5) is 10.2. The standard InChI is InChI=1S/C26H52N4O/c1-20(2)30-15-11-22(23(19-30)25(4,5)27(6)7)18-21(3)29-16-12-26(31,13-17-29)24-10-9-14-28(24)8/h20-24,31H,9-19H2,1-8H3/t21?,22?,23-,24?/m1/s1. The molecule has 1 N–H and O–H groups in total. The Hall–Kier alpha value is -0.200. The number of likely N-dealkylation sites (N-methyl/N-ethyl adjacent to an activating group) is 1. The van der Waals surface area contributed by atoms with Crippen LogP contribution in [0.4, 0.5) is 0 Å². The molecule has 3 saturated heterocycles. The maximum Gasteiger partial charge on any atom is 0.0826 e. The molecule has 5 heteroatoms.